The number of carbonyl (C=O) groups is 1. The van der Waals surface area contributed by atoms with E-state index in [0.717, 1.165) is 24.9 Å². The molecule has 0 unspecified atom stereocenters. The lowest BCUT2D eigenvalue weighted by atomic mass is 9.93. The fourth-order valence-corrected chi connectivity index (χ4v) is 4.08. The summed E-state index contributed by atoms with van der Waals surface area (Å²) in [5.74, 6) is 1.09. The van der Waals surface area contributed by atoms with E-state index in [2.05, 4.69) is 15.4 Å². The summed E-state index contributed by atoms with van der Waals surface area (Å²) >= 11 is 0. The van der Waals surface area contributed by atoms with E-state index < -0.39 is 12.7 Å². The van der Waals surface area contributed by atoms with Crippen molar-refractivity contribution in [3.63, 3.8) is 0 Å². The molecule has 31 heavy (non-hydrogen) atoms. The predicted octanol–water partition coefficient (Wildman–Crippen LogP) is 1.93. The third-order valence-corrected chi connectivity index (χ3v) is 5.68. The van der Waals surface area contributed by atoms with E-state index in [1.54, 1.807) is 22.8 Å². The lowest BCUT2D eigenvalue weighted by molar-refractivity contribution is -0.148. The number of carbonyl (C=O) groups excluding carboxylic acids is 1. The number of piperazine rings is 1. The molecule has 2 aliphatic rings. The van der Waals surface area contributed by atoms with Gasteiger partial charge in [0, 0.05) is 39.9 Å². The minimum atomic E-state index is -4.13. The molecule has 2 saturated heterocycles. The maximum Gasteiger partial charge on any atom is 0.401 e. The molecule has 176 valence electrons. The summed E-state index contributed by atoms with van der Waals surface area (Å²) in [6.45, 7) is 2.31. The summed E-state index contributed by atoms with van der Waals surface area (Å²) in [7, 11) is 3.51. The molecule has 1 aromatic heterocycles. The van der Waals surface area contributed by atoms with Gasteiger partial charge in [-0.05, 0) is 38.3 Å². The van der Waals surface area contributed by atoms with Crippen LogP contribution in [0.4, 0.5) is 18.9 Å². The highest BCUT2D eigenvalue weighted by Crippen LogP contribution is 2.24. The first-order valence-corrected chi connectivity index (χ1v) is 10.3. The van der Waals surface area contributed by atoms with E-state index in [0.29, 0.717) is 44.6 Å². The number of hydrogen-bond donors (Lipinski definition) is 1. The SMILES string of the molecule is CN=C(NCCC1CCN(CC(F)(F)F)CC1)N1CCN(c2cnn(C)c2)C(=O)C1.I. The number of halogens is 4. The average molecular weight is 557 g/mol. The molecule has 12 heteroatoms. The molecule has 3 heterocycles. The monoisotopic (exact) mass is 557 g/mol. The van der Waals surface area contributed by atoms with E-state index in [9.17, 15) is 18.0 Å². The van der Waals surface area contributed by atoms with Gasteiger partial charge in [-0.25, -0.2) is 0 Å². The van der Waals surface area contributed by atoms with Crippen molar-refractivity contribution in [1.82, 2.24) is 24.9 Å². The standard InChI is InChI=1S/C19H30F3N7O.HI/c1-23-18(24-6-3-15-4-7-27(8-5-15)14-19(20,21)22)28-9-10-29(17(30)13-28)16-11-25-26(2)12-16;/h11-12,15H,3-10,13-14H2,1-2H3,(H,23,24);1H. The third kappa shape index (κ3) is 7.51. The van der Waals surface area contributed by atoms with Crippen LogP contribution < -0.4 is 10.2 Å². The van der Waals surface area contributed by atoms with Gasteiger partial charge in [0.2, 0.25) is 5.91 Å². The van der Waals surface area contributed by atoms with Crippen molar-refractivity contribution in [3.8, 4) is 0 Å². The van der Waals surface area contributed by atoms with Crippen LogP contribution in [0.5, 0.6) is 0 Å². The Morgan fingerprint density at radius 1 is 1.26 bits per heavy atom. The van der Waals surface area contributed by atoms with Crippen LogP contribution in [0.1, 0.15) is 19.3 Å². The van der Waals surface area contributed by atoms with Gasteiger partial charge in [-0.3, -0.25) is 19.4 Å². The number of aliphatic imine (C=N–C) groups is 1. The summed E-state index contributed by atoms with van der Waals surface area (Å²) < 4.78 is 39.1. The van der Waals surface area contributed by atoms with Gasteiger partial charge in [0.15, 0.2) is 5.96 Å². The molecule has 0 aliphatic carbocycles. The van der Waals surface area contributed by atoms with Crippen LogP contribution in [0.2, 0.25) is 0 Å². The first-order valence-electron chi connectivity index (χ1n) is 10.3. The largest absolute Gasteiger partial charge is 0.401 e. The van der Waals surface area contributed by atoms with Crippen molar-refractivity contribution in [1.29, 1.82) is 0 Å². The van der Waals surface area contributed by atoms with Crippen LogP contribution in [0, 0.1) is 5.92 Å². The zero-order valence-electron chi connectivity index (χ0n) is 17.9. The van der Waals surface area contributed by atoms with Crippen molar-refractivity contribution in [3.05, 3.63) is 12.4 Å². The van der Waals surface area contributed by atoms with E-state index in [1.807, 2.05) is 18.1 Å². The molecule has 0 atom stereocenters. The Bertz CT molecular complexity index is 747. The van der Waals surface area contributed by atoms with Crippen LogP contribution in [0.25, 0.3) is 0 Å². The fourth-order valence-electron chi connectivity index (χ4n) is 4.08. The van der Waals surface area contributed by atoms with E-state index in [1.165, 1.54) is 4.90 Å². The zero-order chi connectivity index (χ0) is 21.7. The zero-order valence-corrected chi connectivity index (χ0v) is 20.3. The molecule has 0 aromatic carbocycles. The second-order valence-electron chi connectivity index (χ2n) is 7.94. The Labute approximate surface area is 197 Å². The number of rotatable bonds is 5. The fraction of sp³-hybridized carbons (Fsp3) is 0.737. The van der Waals surface area contributed by atoms with Crippen LogP contribution in [-0.2, 0) is 11.8 Å². The van der Waals surface area contributed by atoms with Crippen molar-refractivity contribution < 1.29 is 18.0 Å². The lowest BCUT2D eigenvalue weighted by Crippen LogP contribution is -2.55. The van der Waals surface area contributed by atoms with E-state index >= 15 is 0 Å². The Balaban J connectivity index is 0.00000341. The van der Waals surface area contributed by atoms with Gasteiger partial charge < -0.3 is 15.1 Å². The summed E-state index contributed by atoms with van der Waals surface area (Å²) in [5.41, 5.74) is 0.793. The van der Waals surface area contributed by atoms with Crippen molar-refractivity contribution >= 4 is 41.5 Å². The number of guanidine groups is 1. The van der Waals surface area contributed by atoms with Crippen LogP contribution in [-0.4, -0.2) is 90.5 Å². The molecule has 8 nitrogen and oxygen atoms in total. The number of anilines is 1. The summed E-state index contributed by atoms with van der Waals surface area (Å²) in [4.78, 5) is 22.0. The molecule has 0 spiro atoms. The normalized spacial score (nSPS) is 19.5. The Morgan fingerprint density at radius 2 is 1.97 bits per heavy atom. The molecule has 1 aromatic rings. The Morgan fingerprint density at radius 3 is 2.52 bits per heavy atom. The number of likely N-dealkylation sites (tertiary alicyclic amines) is 1. The molecule has 0 radical (unpaired) electrons. The number of aromatic nitrogens is 2. The number of amides is 1. The maximum atomic E-state index is 12.6. The van der Waals surface area contributed by atoms with Crippen LogP contribution in [0.15, 0.2) is 17.4 Å². The minimum absolute atomic E-state index is 0. The second-order valence-corrected chi connectivity index (χ2v) is 7.94. The van der Waals surface area contributed by atoms with Crippen molar-refractivity contribution in [2.24, 2.45) is 18.0 Å². The van der Waals surface area contributed by atoms with Gasteiger partial charge in [0.25, 0.3) is 0 Å². The van der Waals surface area contributed by atoms with Gasteiger partial charge in [0.1, 0.15) is 6.54 Å². The molecule has 2 fully saturated rings. The average Bonchev–Trinajstić information content (AvgIpc) is 3.11. The van der Waals surface area contributed by atoms with Gasteiger partial charge >= 0.3 is 6.18 Å². The first-order chi connectivity index (χ1) is 14.2. The predicted molar refractivity (Wildman–Crippen MR) is 124 cm³/mol. The number of alkyl halides is 3. The molecule has 0 bridgehead atoms. The Kier molecular flexibility index (Phi) is 9.40. The quantitative estimate of drug-likeness (QED) is 0.341. The van der Waals surface area contributed by atoms with Gasteiger partial charge in [-0.2, -0.15) is 18.3 Å². The highest BCUT2D eigenvalue weighted by atomic mass is 127. The molecule has 2 aliphatic heterocycles. The number of hydrogen-bond acceptors (Lipinski definition) is 4. The molecule has 3 rings (SSSR count). The highest BCUT2D eigenvalue weighted by molar-refractivity contribution is 14.0. The van der Waals surface area contributed by atoms with Gasteiger partial charge in [-0.1, -0.05) is 0 Å². The lowest BCUT2D eigenvalue weighted by Gasteiger charge is -2.36. The number of aryl methyl sites for hydroxylation is 1. The Hall–Kier alpha value is -1.57. The van der Waals surface area contributed by atoms with Crippen LogP contribution in [0.3, 0.4) is 0 Å². The number of nitrogens with one attached hydrogen (secondary N) is 1. The smallest absolute Gasteiger partial charge is 0.356 e. The van der Waals surface area contributed by atoms with Crippen LogP contribution >= 0.6 is 24.0 Å². The number of nitrogens with zero attached hydrogens (tertiary/aromatic N) is 6. The third-order valence-electron chi connectivity index (χ3n) is 5.68. The van der Waals surface area contributed by atoms with Gasteiger partial charge in [0.05, 0.1) is 18.4 Å². The molecule has 0 saturated carbocycles. The van der Waals surface area contributed by atoms with E-state index in [4.69, 9.17) is 0 Å². The summed E-state index contributed by atoms with van der Waals surface area (Å²) in [6, 6.07) is 0. The minimum Gasteiger partial charge on any atom is -0.356 e. The van der Waals surface area contributed by atoms with Crippen molar-refractivity contribution in [2.75, 3.05) is 57.8 Å². The topological polar surface area (TPSA) is 69.0 Å². The molecule has 1 N–H and O–H groups in total. The van der Waals surface area contributed by atoms with Crippen molar-refractivity contribution in [2.45, 2.75) is 25.4 Å². The summed E-state index contributed by atoms with van der Waals surface area (Å²) in [5, 5.41) is 7.43. The first kappa shape index (κ1) is 25.7. The van der Waals surface area contributed by atoms with Gasteiger partial charge in [-0.15, -0.1) is 24.0 Å². The summed E-state index contributed by atoms with van der Waals surface area (Å²) in [6.07, 6.45) is 1.81. The maximum absolute atomic E-state index is 12.6. The molecule has 1 amide bonds. The molecular formula is C19H31F3IN7O. The number of piperidine rings is 1. The molecular weight excluding hydrogens is 526 g/mol. The highest BCUT2D eigenvalue weighted by Gasteiger charge is 2.32. The van der Waals surface area contributed by atoms with E-state index in [-0.39, 0.29) is 36.4 Å². The second kappa shape index (κ2) is 11.3.